The van der Waals surface area contributed by atoms with E-state index in [1.54, 1.807) is 0 Å². The molecule has 0 saturated heterocycles. The van der Waals surface area contributed by atoms with Gasteiger partial charge in [0.1, 0.15) is 5.78 Å². The maximum absolute atomic E-state index is 13.2. The maximum Gasteiger partial charge on any atom is 0.425 e. The van der Waals surface area contributed by atoms with Crippen molar-refractivity contribution in [3.8, 4) is 0 Å². The minimum absolute atomic E-state index is 1.42. The normalized spacial score (nSPS) is 27.9. The predicted molar refractivity (Wildman–Crippen MR) is 69.4 cm³/mol. The number of halogens is 12. The third kappa shape index (κ3) is 3.84. The van der Waals surface area contributed by atoms with Crippen molar-refractivity contribution in [2.24, 2.45) is 11.8 Å². The standard InChI is InChI=1S/C12H10Cl2F10O3/c13-9(15,16)7(26,11(19,20)21)4-1-2-5(6(25)3-4)8(27,10(14,17)18)12(22,23)24/h4-5,26-27H,1-3H2/t4-,5+,7-,8-/m0/s1. The van der Waals surface area contributed by atoms with Crippen LogP contribution in [0.3, 0.4) is 0 Å². The van der Waals surface area contributed by atoms with E-state index >= 15 is 0 Å². The molecule has 0 bridgehead atoms. The van der Waals surface area contributed by atoms with Gasteiger partial charge < -0.3 is 10.2 Å². The van der Waals surface area contributed by atoms with Gasteiger partial charge in [-0.3, -0.25) is 4.79 Å². The van der Waals surface area contributed by atoms with Crippen LogP contribution in [-0.4, -0.2) is 50.3 Å². The Hall–Kier alpha value is -0.530. The highest BCUT2D eigenvalue weighted by molar-refractivity contribution is 6.23. The number of ketones is 1. The maximum atomic E-state index is 13.2. The van der Waals surface area contributed by atoms with Gasteiger partial charge in [-0.15, -0.1) is 0 Å². The van der Waals surface area contributed by atoms with Crippen molar-refractivity contribution in [3.05, 3.63) is 0 Å². The lowest BCUT2D eigenvalue weighted by Crippen LogP contribution is -2.66. The van der Waals surface area contributed by atoms with Gasteiger partial charge in [0.2, 0.25) is 11.2 Å². The number of Topliss-reactive ketones (excluding diaryl/α,β-unsaturated/α-hetero) is 1. The molecule has 0 aromatic rings. The zero-order chi connectivity index (χ0) is 21.9. The fraction of sp³-hybridized carbons (Fsp3) is 0.917. The summed E-state index contributed by atoms with van der Waals surface area (Å²) >= 11 is 8.56. The largest absolute Gasteiger partial charge is 0.425 e. The van der Waals surface area contributed by atoms with Crippen LogP contribution in [0.2, 0.25) is 0 Å². The SMILES string of the molecule is O=C1C[C@@H]([C@@](O)(C(F)(F)F)C(F)(F)Cl)CC[C@H]1[C@@](O)(C(F)(F)F)C(F)(F)Cl. The topological polar surface area (TPSA) is 57.5 Å². The number of hydrogen-bond donors (Lipinski definition) is 2. The molecule has 4 atom stereocenters. The molecule has 3 nitrogen and oxygen atoms in total. The highest BCUT2D eigenvalue weighted by Crippen LogP contribution is 2.56. The average Bonchev–Trinajstić information content (AvgIpc) is 2.40. The van der Waals surface area contributed by atoms with Crippen LogP contribution in [0.25, 0.3) is 0 Å². The van der Waals surface area contributed by atoms with Gasteiger partial charge in [0, 0.05) is 12.3 Å². The summed E-state index contributed by atoms with van der Waals surface area (Å²) in [6.07, 6.45) is -17.1. The Kier molecular flexibility index (Phi) is 6.14. The van der Waals surface area contributed by atoms with Crippen LogP contribution in [0.4, 0.5) is 43.9 Å². The third-order valence-electron chi connectivity index (χ3n) is 4.46. The molecule has 0 amide bonds. The lowest BCUT2D eigenvalue weighted by atomic mass is 9.67. The molecule has 2 N–H and O–H groups in total. The Morgan fingerprint density at radius 2 is 1.11 bits per heavy atom. The molecule has 1 fully saturated rings. The zero-order valence-corrected chi connectivity index (χ0v) is 14.1. The molecule has 27 heavy (non-hydrogen) atoms. The monoisotopic (exact) mass is 462 g/mol. The lowest BCUT2D eigenvalue weighted by molar-refractivity contribution is -0.339. The summed E-state index contributed by atoms with van der Waals surface area (Å²) in [7, 11) is 0. The first-order chi connectivity index (χ1) is 11.6. The van der Waals surface area contributed by atoms with Crippen LogP contribution in [0.5, 0.6) is 0 Å². The van der Waals surface area contributed by atoms with Crippen molar-refractivity contribution in [2.45, 2.75) is 53.6 Å². The first kappa shape index (κ1) is 24.5. The number of aliphatic hydroxyl groups is 2. The van der Waals surface area contributed by atoms with E-state index in [1.807, 2.05) is 0 Å². The van der Waals surface area contributed by atoms with Crippen LogP contribution in [-0.2, 0) is 4.79 Å². The van der Waals surface area contributed by atoms with Crippen molar-refractivity contribution >= 4 is 29.0 Å². The summed E-state index contributed by atoms with van der Waals surface area (Å²) in [4.78, 5) is 11.8. The van der Waals surface area contributed by atoms with Gasteiger partial charge in [0.05, 0.1) is 5.92 Å². The predicted octanol–water partition coefficient (Wildman–Crippen LogP) is 4.22. The summed E-state index contributed by atoms with van der Waals surface area (Å²) in [5, 5.41) is 7.97. The zero-order valence-electron chi connectivity index (χ0n) is 12.6. The van der Waals surface area contributed by atoms with Crippen molar-refractivity contribution in [2.75, 3.05) is 0 Å². The molecule has 0 heterocycles. The fourth-order valence-corrected chi connectivity index (χ4v) is 3.49. The highest BCUT2D eigenvalue weighted by Gasteiger charge is 2.76. The lowest BCUT2D eigenvalue weighted by Gasteiger charge is -2.45. The quantitative estimate of drug-likeness (QED) is 0.485. The third-order valence-corrected chi connectivity index (χ3v) is 5.04. The smallest absolute Gasteiger partial charge is 0.375 e. The van der Waals surface area contributed by atoms with E-state index in [2.05, 4.69) is 23.2 Å². The number of carbonyl (C=O) groups excluding carboxylic acids is 1. The molecule has 1 aliphatic rings. The van der Waals surface area contributed by atoms with Gasteiger partial charge in [0.15, 0.2) is 0 Å². The number of carbonyl (C=O) groups is 1. The van der Waals surface area contributed by atoms with Gasteiger partial charge in [-0.1, -0.05) is 0 Å². The van der Waals surface area contributed by atoms with Crippen molar-refractivity contribution < 1.29 is 58.9 Å². The minimum atomic E-state index is -6.19. The van der Waals surface area contributed by atoms with Gasteiger partial charge in [-0.25, -0.2) is 0 Å². The van der Waals surface area contributed by atoms with Gasteiger partial charge >= 0.3 is 23.1 Å². The minimum Gasteiger partial charge on any atom is -0.375 e. The summed E-state index contributed by atoms with van der Waals surface area (Å²) in [6, 6.07) is 0. The van der Waals surface area contributed by atoms with E-state index in [9.17, 15) is 58.9 Å². The summed E-state index contributed by atoms with van der Waals surface area (Å²) in [6.45, 7) is 0. The Bertz CT molecular complexity index is 550. The van der Waals surface area contributed by atoms with Crippen LogP contribution in [0.15, 0.2) is 0 Å². The molecule has 0 radical (unpaired) electrons. The Morgan fingerprint density at radius 1 is 0.741 bits per heavy atom. The molecule has 0 unspecified atom stereocenters. The molecule has 160 valence electrons. The van der Waals surface area contributed by atoms with E-state index in [1.165, 1.54) is 0 Å². The second kappa shape index (κ2) is 6.77. The molecule has 1 rings (SSSR count). The van der Waals surface area contributed by atoms with E-state index in [4.69, 9.17) is 0 Å². The number of rotatable bonds is 4. The second-order valence-corrected chi connectivity index (χ2v) is 6.97. The molecule has 0 spiro atoms. The Morgan fingerprint density at radius 3 is 1.37 bits per heavy atom. The van der Waals surface area contributed by atoms with E-state index in [0.29, 0.717) is 0 Å². The average molecular weight is 463 g/mol. The summed E-state index contributed by atoms with van der Waals surface area (Å²) < 4.78 is 130. The van der Waals surface area contributed by atoms with E-state index < -0.39 is 71.2 Å². The summed E-state index contributed by atoms with van der Waals surface area (Å²) in [5.41, 5.74) is -10.2. The van der Waals surface area contributed by atoms with Gasteiger partial charge in [-0.05, 0) is 36.0 Å². The van der Waals surface area contributed by atoms with E-state index in [-0.39, 0.29) is 0 Å². The van der Waals surface area contributed by atoms with Crippen molar-refractivity contribution in [1.82, 2.24) is 0 Å². The second-order valence-electron chi connectivity index (χ2n) is 6.02. The molecular weight excluding hydrogens is 453 g/mol. The van der Waals surface area contributed by atoms with Crippen LogP contribution < -0.4 is 0 Å². The molecule has 0 aliphatic heterocycles. The Balaban J connectivity index is 3.32. The fourth-order valence-electron chi connectivity index (χ4n) is 2.99. The molecule has 15 heteroatoms. The first-order valence-electron chi connectivity index (χ1n) is 6.86. The summed E-state index contributed by atoms with van der Waals surface area (Å²) in [5.74, 6) is -7.88. The first-order valence-corrected chi connectivity index (χ1v) is 7.62. The molecule has 0 aromatic heterocycles. The molecule has 1 saturated carbocycles. The number of alkyl halides is 12. The van der Waals surface area contributed by atoms with Crippen LogP contribution in [0.1, 0.15) is 19.3 Å². The van der Waals surface area contributed by atoms with Crippen molar-refractivity contribution in [3.63, 3.8) is 0 Å². The van der Waals surface area contributed by atoms with Crippen LogP contribution >= 0.6 is 23.2 Å². The van der Waals surface area contributed by atoms with Crippen LogP contribution in [0, 0.1) is 11.8 Å². The van der Waals surface area contributed by atoms with Crippen molar-refractivity contribution in [1.29, 1.82) is 0 Å². The van der Waals surface area contributed by atoms with E-state index in [0.717, 1.165) is 0 Å². The molecule has 1 aliphatic carbocycles. The number of hydrogen-bond acceptors (Lipinski definition) is 3. The molecule has 0 aromatic carbocycles. The Labute approximate surface area is 154 Å². The van der Waals surface area contributed by atoms with Gasteiger partial charge in [0.25, 0.3) is 0 Å². The van der Waals surface area contributed by atoms with Gasteiger partial charge in [-0.2, -0.15) is 43.9 Å². The molecular formula is C12H10Cl2F10O3. The highest BCUT2D eigenvalue weighted by atomic mass is 35.5.